The summed E-state index contributed by atoms with van der Waals surface area (Å²) in [6, 6.07) is 8.49. The number of aryl methyl sites for hydroxylation is 1. The number of hydrogen-bond acceptors (Lipinski definition) is 1. The van der Waals surface area contributed by atoms with Gasteiger partial charge in [-0.1, -0.05) is 24.3 Å². The summed E-state index contributed by atoms with van der Waals surface area (Å²) in [5, 5.41) is 6.95. The zero-order valence-corrected chi connectivity index (χ0v) is 15.3. The molecule has 0 amide bonds. The molecule has 3 rings (SSSR count). The predicted molar refractivity (Wildman–Crippen MR) is 99.2 cm³/mol. The van der Waals surface area contributed by atoms with Crippen molar-refractivity contribution in [1.82, 2.24) is 10.6 Å². The lowest BCUT2D eigenvalue weighted by Gasteiger charge is -2.18. The summed E-state index contributed by atoms with van der Waals surface area (Å²) in [6.45, 7) is 4.08. The van der Waals surface area contributed by atoms with Crippen LogP contribution in [0.15, 0.2) is 29.3 Å². The number of halogens is 1. The van der Waals surface area contributed by atoms with Crippen molar-refractivity contribution in [2.45, 2.75) is 39.2 Å². The first-order valence-corrected chi connectivity index (χ1v) is 7.72. The largest absolute Gasteiger partial charge is 0.356 e. The highest BCUT2D eigenvalue weighted by molar-refractivity contribution is 14.0. The smallest absolute Gasteiger partial charge is 0.191 e. The van der Waals surface area contributed by atoms with Crippen molar-refractivity contribution >= 4 is 29.9 Å². The third kappa shape index (κ3) is 4.11. The molecule has 116 valence electrons. The molecule has 0 heterocycles. The number of rotatable bonds is 5. The monoisotopic (exact) mass is 399 g/mol. The van der Waals surface area contributed by atoms with E-state index in [-0.39, 0.29) is 24.0 Å². The number of hydrogen-bond donors (Lipinski definition) is 2. The highest BCUT2D eigenvalue weighted by atomic mass is 127. The average Bonchev–Trinajstić information content (AvgIpc) is 3.33. The van der Waals surface area contributed by atoms with Gasteiger partial charge in [0.2, 0.25) is 0 Å². The number of nitrogens with zero attached hydrogens (tertiary/aromatic N) is 1. The summed E-state index contributed by atoms with van der Waals surface area (Å²) in [5.74, 6) is 1.92. The lowest BCUT2D eigenvalue weighted by atomic mass is 10.0. The predicted octanol–water partition coefficient (Wildman–Crippen LogP) is 3.47. The van der Waals surface area contributed by atoms with Crippen molar-refractivity contribution in [2.75, 3.05) is 13.6 Å². The van der Waals surface area contributed by atoms with Gasteiger partial charge in [0.05, 0.1) is 0 Å². The summed E-state index contributed by atoms with van der Waals surface area (Å²) in [4.78, 5) is 4.34. The van der Waals surface area contributed by atoms with Crippen LogP contribution in [0.2, 0.25) is 0 Å². The Balaban J connectivity index is 0.00000161. The summed E-state index contributed by atoms with van der Waals surface area (Å²) in [6.07, 6.45) is 5.69. The van der Waals surface area contributed by atoms with Crippen molar-refractivity contribution in [2.24, 2.45) is 16.3 Å². The molecule has 0 saturated heterocycles. The minimum atomic E-state index is 0. The Labute approximate surface area is 145 Å². The van der Waals surface area contributed by atoms with Gasteiger partial charge in [-0.3, -0.25) is 4.99 Å². The molecule has 0 unspecified atom stereocenters. The van der Waals surface area contributed by atoms with Crippen LogP contribution in [0.25, 0.3) is 0 Å². The fourth-order valence-corrected chi connectivity index (χ4v) is 3.05. The second-order valence-electron chi connectivity index (χ2n) is 6.34. The van der Waals surface area contributed by atoms with Crippen molar-refractivity contribution < 1.29 is 0 Å². The third-order valence-corrected chi connectivity index (χ3v) is 4.87. The molecular weight excluding hydrogens is 373 g/mol. The van der Waals surface area contributed by atoms with Crippen LogP contribution in [-0.2, 0) is 6.54 Å². The van der Waals surface area contributed by atoms with Gasteiger partial charge in [-0.25, -0.2) is 0 Å². The first-order chi connectivity index (χ1) is 9.73. The lowest BCUT2D eigenvalue weighted by molar-refractivity contribution is 0.431. The number of guanidine groups is 1. The Kier molecular flexibility index (Phi) is 5.52. The maximum atomic E-state index is 4.34. The van der Waals surface area contributed by atoms with Gasteiger partial charge >= 0.3 is 0 Å². The van der Waals surface area contributed by atoms with E-state index < -0.39 is 0 Å². The summed E-state index contributed by atoms with van der Waals surface area (Å²) < 4.78 is 0. The zero-order valence-electron chi connectivity index (χ0n) is 13.0. The van der Waals surface area contributed by atoms with E-state index in [1.54, 1.807) is 0 Å². The maximum absolute atomic E-state index is 4.34. The molecule has 2 saturated carbocycles. The van der Waals surface area contributed by atoms with Crippen LogP contribution in [0.3, 0.4) is 0 Å². The third-order valence-electron chi connectivity index (χ3n) is 4.87. The van der Waals surface area contributed by atoms with Crippen LogP contribution >= 0.6 is 24.0 Å². The summed E-state index contributed by atoms with van der Waals surface area (Å²) >= 11 is 0. The molecule has 1 aromatic carbocycles. The molecule has 3 nitrogen and oxygen atoms in total. The highest BCUT2D eigenvalue weighted by Gasteiger charge is 2.53. The summed E-state index contributed by atoms with van der Waals surface area (Å²) in [5.41, 5.74) is 3.27. The Morgan fingerprint density at radius 1 is 1.24 bits per heavy atom. The molecule has 0 atom stereocenters. The quantitative estimate of drug-likeness (QED) is 0.452. The van der Waals surface area contributed by atoms with Crippen LogP contribution < -0.4 is 10.6 Å². The second kappa shape index (κ2) is 6.99. The van der Waals surface area contributed by atoms with Gasteiger partial charge in [0.15, 0.2) is 5.96 Å². The van der Waals surface area contributed by atoms with E-state index in [0.717, 1.165) is 25.0 Å². The molecule has 0 bridgehead atoms. The molecule has 4 heteroatoms. The second-order valence-corrected chi connectivity index (χ2v) is 6.34. The van der Waals surface area contributed by atoms with E-state index in [2.05, 4.69) is 46.8 Å². The van der Waals surface area contributed by atoms with E-state index in [4.69, 9.17) is 0 Å². The van der Waals surface area contributed by atoms with Crippen LogP contribution in [0.1, 0.15) is 36.8 Å². The Morgan fingerprint density at radius 3 is 2.52 bits per heavy atom. The molecule has 2 fully saturated rings. The fourth-order valence-electron chi connectivity index (χ4n) is 3.05. The van der Waals surface area contributed by atoms with E-state index >= 15 is 0 Å². The van der Waals surface area contributed by atoms with E-state index in [9.17, 15) is 0 Å². The van der Waals surface area contributed by atoms with E-state index in [0.29, 0.717) is 5.41 Å². The first-order valence-electron chi connectivity index (χ1n) is 7.72. The number of nitrogens with one attached hydrogen (secondary N) is 2. The molecule has 2 aliphatic carbocycles. The lowest BCUT2D eigenvalue weighted by Crippen LogP contribution is -2.40. The number of aliphatic imine (C=N–C) groups is 1. The maximum Gasteiger partial charge on any atom is 0.191 e. The fraction of sp³-hybridized carbons (Fsp3) is 0.588. The molecule has 0 radical (unpaired) electrons. The molecule has 0 aromatic heterocycles. The highest BCUT2D eigenvalue weighted by Crippen LogP contribution is 2.60. The summed E-state index contributed by atoms with van der Waals surface area (Å²) in [7, 11) is 1.85. The van der Waals surface area contributed by atoms with Gasteiger partial charge in [-0.15, -0.1) is 24.0 Å². The number of benzene rings is 1. The molecule has 1 aromatic rings. The van der Waals surface area contributed by atoms with Crippen molar-refractivity contribution in [3.05, 3.63) is 35.4 Å². The Morgan fingerprint density at radius 2 is 1.95 bits per heavy atom. The van der Waals surface area contributed by atoms with Gasteiger partial charge in [0.25, 0.3) is 0 Å². The first kappa shape index (κ1) is 16.6. The van der Waals surface area contributed by atoms with Crippen LogP contribution in [0.4, 0.5) is 0 Å². The minimum Gasteiger partial charge on any atom is -0.356 e. The van der Waals surface area contributed by atoms with Crippen molar-refractivity contribution in [3.8, 4) is 0 Å². The molecule has 0 aliphatic heterocycles. The van der Waals surface area contributed by atoms with Crippen molar-refractivity contribution in [3.63, 3.8) is 0 Å². The molecular formula is C17H26IN3. The van der Waals surface area contributed by atoms with Crippen LogP contribution in [0.5, 0.6) is 0 Å². The molecule has 2 N–H and O–H groups in total. The zero-order chi connectivity index (χ0) is 14.0. The minimum absolute atomic E-state index is 0. The standard InChI is InChI=1S/C17H25N3.HI/c1-13-5-3-4-6-14(13)11-19-16(18-2)20-12-17(9-10-17)15-7-8-15;/h3-6,15H,7-12H2,1-2H3,(H2,18,19,20);1H. The van der Waals surface area contributed by atoms with Gasteiger partial charge in [0, 0.05) is 20.1 Å². The van der Waals surface area contributed by atoms with Crippen LogP contribution in [-0.4, -0.2) is 19.6 Å². The average molecular weight is 399 g/mol. The van der Waals surface area contributed by atoms with E-state index in [1.165, 1.54) is 36.8 Å². The van der Waals surface area contributed by atoms with Crippen molar-refractivity contribution in [1.29, 1.82) is 0 Å². The molecule has 2 aliphatic rings. The normalized spacial score (nSPS) is 19.6. The Bertz CT molecular complexity index is 505. The molecule has 21 heavy (non-hydrogen) atoms. The van der Waals surface area contributed by atoms with Gasteiger partial charge in [0.1, 0.15) is 0 Å². The van der Waals surface area contributed by atoms with Gasteiger partial charge in [-0.2, -0.15) is 0 Å². The van der Waals surface area contributed by atoms with E-state index in [1.807, 2.05) is 7.05 Å². The van der Waals surface area contributed by atoms with Crippen LogP contribution in [0, 0.1) is 18.3 Å². The van der Waals surface area contributed by atoms with Gasteiger partial charge < -0.3 is 10.6 Å². The topological polar surface area (TPSA) is 36.4 Å². The SMILES string of the molecule is CN=C(NCc1ccccc1C)NCC1(C2CC2)CC1.I. The Hall–Kier alpha value is -0.780. The molecule has 0 spiro atoms. The van der Waals surface area contributed by atoms with Gasteiger partial charge in [-0.05, 0) is 55.1 Å².